The van der Waals surface area contributed by atoms with Gasteiger partial charge < -0.3 is 10.6 Å². The average Bonchev–Trinajstić information content (AvgIpc) is 2.20. The van der Waals surface area contributed by atoms with Gasteiger partial charge in [-0.2, -0.15) is 0 Å². The highest BCUT2D eigenvalue weighted by molar-refractivity contribution is 9.10. The van der Waals surface area contributed by atoms with Gasteiger partial charge in [0.25, 0.3) is 0 Å². The number of rotatable bonds is 4. The SMILES string of the molecule is CCN(CC(C)C)c1cc(F)c(Br)cc1N. The van der Waals surface area contributed by atoms with E-state index in [1.807, 2.05) is 6.92 Å². The molecule has 0 atom stereocenters. The van der Waals surface area contributed by atoms with E-state index in [2.05, 4.69) is 34.7 Å². The number of halogens is 2. The van der Waals surface area contributed by atoms with Gasteiger partial charge in [0.2, 0.25) is 0 Å². The Morgan fingerprint density at radius 3 is 2.56 bits per heavy atom. The van der Waals surface area contributed by atoms with E-state index >= 15 is 0 Å². The molecular formula is C12H18BrFN2. The predicted molar refractivity (Wildman–Crippen MR) is 71.2 cm³/mol. The van der Waals surface area contributed by atoms with Gasteiger partial charge in [-0.3, -0.25) is 0 Å². The summed E-state index contributed by atoms with van der Waals surface area (Å²) in [5.74, 6) is 0.248. The number of nitrogens with zero attached hydrogens (tertiary/aromatic N) is 1. The lowest BCUT2D eigenvalue weighted by atomic mass is 10.1. The highest BCUT2D eigenvalue weighted by Crippen LogP contribution is 2.29. The van der Waals surface area contributed by atoms with E-state index in [1.54, 1.807) is 6.07 Å². The summed E-state index contributed by atoms with van der Waals surface area (Å²) in [4.78, 5) is 2.09. The molecule has 0 saturated carbocycles. The van der Waals surface area contributed by atoms with Crippen LogP contribution in [0.25, 0.3) is 0 Å². The van der Waals surface area contributed by atoms with Crippen molar-refractivity contribution in [2.75, 3.05) is 23.7 Å². The molecule has 0 fully saturated rings. The van der Waals surface area contributed by atoms with E-state index in [0.717, 1.165) is 18.8 Å². The van der Waals surface area contributed by atoms with Gasteiger partial charge >= 0.3 is 0 Å². The number of nitrogen functional groups attached to an aromatic ring is 1. The van der Waals surface area contributed by atoms with Crippen molar-refractivity contribution in [1.29, 1.82) is 0 Å². The second-order valence-electron chi connectivity index (χ2n) is 4.26. The molecule has 2 N–H and O–H groups in total. The standard InChI is InChI=1S/C12H18BrFN2/c1-4-16(7-8(2)3)12-6-10(14)9(13)5-11(12)15/h5-6,8H,4,7,15H2,1-3H3. The molecular weight excluding hydrogens is 271 g/mol. The molecule has 0 bridgehead atoms. The maximum atomic E-state index is 13.5. The molecule has 0 spiro atoms. The lowest BCUT2D eigenvalue weighted by molar-refractivity contribution is 0.606. The molecule has 1 aromatic rings. The van der Waals surface area contributed by atoms with Crippen LogP contribution in [0.4, 0.5) is 15.8 Å². The highest BCUT2D eigenvalue weighted by atomic mass is 79.9. The van der Waals surface area contributed by atoms with Gasteiger partial charge in [0.05, 0.1) is 15.8 Å². The maximum absolute atomic E-state index is 13.5. The molecule has 0 amide bonds. The third-order valence-electron chi connectivity index (χ3n) is 2.38. The van der Waals surface area contributed by atoms with Gasteiger partial charge in [-0.1, -0.05) is 13.8 Å². The fourth-order valence-electron chi connectivity index (χ4n) is 1.66. The molecule has 16 heavy (non-hydrogen) atoms. The summed E-state index contributed by atoms with van der Waals surface area (Å²) in [5, 5.41) is 0. The number of hydrogen-bond donors (Lipinski definition) is 1. The Bertz CT molecular complexity index is 366. The minimum atomic E-state index is -0.272. The van der Waals surface area contributed by atoms with Gasteiger partial charge in [0.1, 0.15) is 5.82 Å². The minimum Gasteiger partial charge on any atom is -0.397 e. The molecule has 4 heteroatoms. The molecule has 0 radical (unpaired) electrons. The van der Waals surface area contributed by atoms with E-state index in [9.17, 15) is 4.39 Å². The largest absolute Gasteiger partial charge is 0.397 e. The maximum Gasteiger partial charge on any atom is 0.139 e. The van der Waals surface area contributed by atoms with Gasteiger partial charge in [0.15, 0.2) is 0 Å². The van der Waals surface area contributed by atoms with Crippen molar-refractivity contribution in [3.8, 4) is 0 Å². The molecule has 0 heterocycles. The predicted octanol–water partition coefficient (Wildman–Crippen LogP) is 3.65. The minimum absolute atomic E-state index is 0.272. The number of anilines is 2. The van der Waals surface area contributed by atoms with Crippen molar-refractivity contribution >= 4 is 27.3 Å². The zero-order valence-electron chi connectivity index (χ0n) is 9.93. The van der Waals surface area contributed by atoms with Crippen LogP contribution in [0, 0.1) is 11.7 Å². The van der Waals surface area contributed by atoms with Gasteiger partial charge in [0, 0.05) is 19.2 Å². The van der Waals surface area contributed by atoms with Crippen molar-refractivity contribution in [2.24, 2.45) is 5.92 Å². The van der Waals surface area contributed by atoms with E-state index in [4.69, 9.17) is 5.73 Å². The summed E-state index contributed by atoms with van der Waals surface area (Å²) < 4.78 is 13.9. The first-order chi connectivity index (χ1) is 7.45. The summed E-state index contributed by atoms with van der Waals surface area (Å²) in [6.45, 7) is 8.01. The zero-order valence-corrected chi connectivity index (χ0v) is 11.5. The van der Waals surface area contributed by atoms with Crippen LogP contribution in [0.3, 0.4) is 0 Å². The lowest BCUT2D eigenvalue weighted by Crippen LogP contribution is -2.28. The van der Waals surface area contributed by atoms with Crippen LogP contribution >= 0.6 is 15.9 Å². The van der Waals surface area contributed by atoms with Crippen molar-refractivity contribution in [3.05, 3.63) is 22.4 Å². The summed E-state index contributed by atoms with van der Waals surface area (Å²) >= 11 is 3.13. The van der Waals surface area contributed by atoms with Crippen LogP contribution < -0.4 is 10.6 Å². The Kier molecular flexibility index (Phi) is 4.59. The Morgan fingerprint density at radius 1 is 1.44 bits per heavy atom. The first-order valence-corrected chi connectivity index (χ1v) is 6.24. The van der Waals surface area contributed by atoms with Crippen LogP contribution in [-0.4, -0.2) is 13.1 Å². The zero-order chi connectivity index (χ0) is 12.3. The first kappa shape index (κ1) is 13.3. The molecule has 2 nitrogen and oxygen atoms in total. The Balaban J connectivity index is 3.05. The number of benzene rings is 1. The number of nitrogens with two attached hydrogens (primary N) is 1. The fourth-order valence-corrected chi connectivity index (χ4v) is 2.03. The first-order valence-electron chi connectivity index (χ1n) is 5.45. The fraction of sp³-hybridized carbons (Fsp3) is 0.500. The molecule has 0 aliphatic carbocycles. The van der Waals surface area contributed by atoms with E-state index in [-0.39, 0.29) is 5.82 Å². The molecule has 0 unspecified atom stereocenters. The van der Waals surface area contributed by atoms with Gasteiger partial charge in [-0.15, -0.1) is 0 Å². The second kappa shape index (κ2) is 5.53. The van der Waals surface area contributed by atoms with Crippen LogP contribution in [0.1, 0.15) is 20.8 Å². The van der Waals surface area contributed by atoms with E-state index in [1.165, 1.54) is 6.07 Å². The molecule has 0 aliphatic rings. The molecule has 0 aliphatic heterocycles. The van der Waals surface area contributed by atoms with Crippen LogP contribution in [0.5, 0.6) is 0 Å². The Hall–Kier alpha value is -0.770. The van der Waals surface area contributed by atoms with Gasteiger partial charge in [-0.25, -0.2) is 4.39 Å². The molecule has 1 aromatic carbocycles. The molecule has 90 valence electrons. The van der Waals surface area contributed by atoms with Gasteiger partial charge in [-0.05, 0) is 34.8 Å². The van der Waals surface area contributed by atoms with Crippen LogP contribution in [-0.2, 0) is 0 Å². The Labute approximate surface area is 105 Å². The van der Waals surface area contributed by atoms with Crippen molar-refractivity contribution in [2.45, 2.75) is 20.8 Å². The summed E-state index contributed by atoms with van der Waals surface area (Å²) in [5.41, 5.74) is 7.29. The highest BCUT2D eigenvalue weighted by Gasteiger charge is 2.12. The average molecular weight is 289 g/mol. The quantitative estimate of drug-likeness (QED) is 0.857. The van der Waals surface area contributed by atoms with E-state index < -0.39 is 0 Å². The molecule has 0 saturated heterocycles. The summed E-state index contributed by atoms with van der Waals surface area (Å²) in [6.07, 6.45) is 0. The van der Waals surface area contributed by atoms with E-state index in [0.29, 0.717) is 16.1 Å². The molecule has 1 rings (SSSR count). The third-order valence-corrected chi connectivity index (χ3v) is 2.99. The third kappa shape index (κ3) is 3.11. The monoisotopic (exact) mass is 288 g/mol. The van der Waals surface area contributed by atoms with Crippen molar-refractivity contribution in [1.82, 2.24) is 0 Å². The Morgan fingerprint density at radius 2 is 2.06 bits per heavy atom. The normalized spacial score (nSPS) is 10.9. The molecule has 0 aromatic heterocycles. The van der Waals surface area contributed by atoms with Crippen molar-refractivity contribution in [3.63, 3.8) is 0 Å². The number of hydrogen-bond acceptors (Lipinski definition) is 2. The topological polar surface area (TPSA) is 29.3 Å². The van der Waals surface area contributed by atoms with Crippen LogP contribution in [0.15, 0.2) is 16.6 Å². The lowest BCUT2D eigenvalue weighted by Gasteiger charge is -2.26. The van der Waals surface area contributed by atoms with Crippen molar-refractivity contribution < 1.29 is 4.39 Å². The second-order valence-corrected chi connectivity index (χ2v) is 5.11. The smallest absolute Gasteiger partial charge is 0.139 e. The summed E-state index contributed by atoms with van der Waals surface area (Å²) in [7, 11) is 0. The summed E-state index contributed by atoms with van der Waals surface area (Å²) in [6, 6.07) is 3.11. The van der Waals surface area contributed by atoms with Crippen LogP contribution in [0.2, 0.25) is 0 Å².